The molecule has 1 aromatic carbocycles. The molecule has 3 rings (SSSR count). The van der Waals surface area contributed by atoms with Crippen molar-refractivity contribution < 1.29 is 9.18 Å². The van der Waals surface area contributed by atoms with Crippen molar-refractivity contribution in [2.45, 2.75) is 27.7 Å². The van der Waals surface area contributed by atoms with E-state index < -0.39 is 5.41 Å². The number of aromatic nitrogens is 3. The van der Waals surface area contributed by atoms with Crippen molar-refractivity contribution in [3.05, 3.63) is 66.0 Å². The van der Waals surface area contributed by atoms with Crippen molar-refractivity contribution in [3.63, 3.8) is 0 Å². The number of carbonyl (C=O) groups excluding carboxylic acids is 1. The molecule has 0 aliphatic heterocycles. The molecule has 2 heterocycles. The number of thiazole rings is 1. The van der Waals surface area contributed by atoms with Gasteiger partial charge in [0.05, 0.1) is 20.6 Å². The van der Waals surface area contributed by atoms with E-state index in [-0.39, 0.29) is 17.2 Å². The van der Waals surface area contributed by atoms with Crippen molar-refractivity contribution in [1.29, 1.82) is 0 Å². The molecule has 0 saturated heterocycles. The van der Waals surface area contributed by atoms with Gasteiger partial charge in [0, 0.05) is 17.1 Å². The first-order chi connectivity index (χ1) is 13.1. The van der Waals surface area contributed by atoms with Crippen molar-refractivity contribution in [2.24, 2.45) is 5.41 Å². The van der Waals surface area contributed by atoms with Gasteiger partial charge in [0.1, 0.15) is 11.0 Å². The van der Waals surface area contributed by atoms with Gasteiger partial charge in [0.15, 0.2) is 5.78 Å². The lowest BCUT2D eigenvalue weighted by molar-refractivity contribution is -0.119. The Hall–Kier alpha value is -2.51. The van der Waals surface area contributed by atoms with Gasteiger partial charge in [-0.1, -0.05) is 32.4 Å². The van der Waals surface area contributed by atoms with Crippen LogP contribution in [-0.4, -0.2) is 20.5 Å². The molecule has 0 unspecified atom stereocenters. The molecule has 146 valence electrons. The van der Waals surface area contributed by atoms with Crippen LogP contribution in [0.5, 0.6) is 0 Å². The second-order valence-electron chi connectivity index (χ2n) is 7.37. The van der Waals surface area contributed by atoms with Crippen LogP contribution in [0.3, 0.4) is 0 Å². The quantitative estimate of drug-likeness (QED) is 0.709. The summed E-state index contributed by atoms with van der Waals surface area (Å²) in [4.78, 5) is 27.2. The van der Waals surface area contributed by atoms with Crippen molar-refractivity contribution in [3.8, 4) is 5.69 Å². The first kappa shape index (κ1) is 20.2. The summed E-state index contributed by atoms with van der Waals surface area (Å²) in [7, 11) is 0. The lowest BCUT2D eigenvalue weighted by Gasteiger charge is -2.12. The molecule has 0 spiro atoms. The molecule has 0 saturated carbocycles. The van der Waals surface area contributed by atoms with Crippen LogP contribution in [0.15, 0.2) is 29.1 Å². The largest absolute Gasteiger partial charge is 0.313 e. The van der Waals surface area contributed by atoms with Gasteiger partial charge in [-0.05, 0) is 37.3 Å². The van der Waals surface area contributed by atoms with Gasteiger partial charge in [-0.15, -0.1) is 11.3 Å². The number of aromatic amines is 1. The highest BCUT2D eigenvalue weighted by molar-refractivity contribution is 7.07. The van der Waals surface area contributed by atoms with Crippen molar-refractivity contribution >= 4 is 40.9 Å². The normalized spacial score (nSPS) is 13.4. The standard InChI is InChI=1S/C20H19ClFN3O2S/c1-11-14(18(21)25(24-11)13-7-5-12(22)6-8-13)9-15-19(27)23-17(28-15)10-16(26)20(2,3)4/h5-10H,1-4H3,(H,23,27). The van der Waals surface area contributed by atoms with Gasteiger partial charge in [0.25, 0.3) is 5.56 Å². The van der Waals surface area contributed by atoms with Crippen LogP contribution in [0.1, 0.15) is 32.0 Å². The monoisotopic (exact) mass is 419 g/mol. The fourth-order valence-corrected chi connectivity index (χ4v) is 3.61. The summed E-state index contributed by atoms with van der Waals surface area (Å²) in [6, 6.07) is 5.79. The number of halogens is 2. The highest BCUT2D eigenvalue weighted by Crippen LogP contribution is 2.24. The van der Waals surface area contributed by atoms with Crippen LogP contribution in [0.25, 0.3) is 17.8 Å². The summed E-state index contributed by atoms with van der Waals surface area (Å²) in [6.45, 7) is 7.22. The number of nitrogens with zero attached hydrogens (tertiary/aromatic N) is 2. The first-order valence-electron chi connectivity index (χ1n) is 8.54. The average Bonchev–Trinajstić information content (AvgIpc) is 3.09. The number of hydrogen-bond donors (Lipinski definition) is 1. The highest BCUT2D eigenvalue weighted by atomic mass is 35.5. The Labute approximate surface area is 169 Å². The predicted octanol–water partition coefficient (Wildman–Crippen LogP) is 2.95. The van der Waals surface area contributed by atoms with Crippen molar-refractivity contribution in [1.82, 2.24) is 14.8 Å². The smallest absolute Gasteiger partial charge is 0.266 e. The third kappa shape index (κ3) is 4.15. The lowest BCUT2D eigenvalue weighted by atomic mass is 9.91. The molecule has 0 bridgehead atoms. The molecule has 3 aromatic rings. The zero-order valence-corrected chi connectivity index (χ0v) is 17.4. The van der Waals surface area contributed by atoms with Gasteiger partial charge in [-0.25, -0.2) is 9.07 Å². The summed E-state index contributed by atoms with van der Waals surface area (Å²) in [5, 5.41) is 4.70. The zero-order valence-electron chi connectivity index (χ0n) is 15.8. The Morgan fingerprint density at radius 3 is 2.54 bits per heavy atom. The summed E-state index contributed by atoms with van der Waals surface area (Å²) >= 11 is 7.64. The van der Waals surface area contributed by atoms with Crippen LogP contribution in [0.2, 0.25) is 5.15 Å². The van der Waals surface area contributed by atoms with Gasteiger partial charge < -0.3 is 4.98 Å². The van der Waals surface area contributed by atoms with E-state index in [0.29, 0.717) is 31.3 Å². The lowest BCUT2D eigenvalue weighted by Crippen LogP contribution is -2.22. The molecule has 2 aromatic heterocycles. The summed E-state index contributed by atoms with van der Waals surface area (Å²) in [6.07, 6.45) is 3.09. The molecule has 0 fully saturated rings. The predicted molar refractivity (Wildman–Crippen MR) is 110 cm³/mol. The van der Waals surface area contributed by atoms with Crippen LogP contribution in [-0.2, 0) is 4.79 Å². The number of ketones is 1. The van der Waals surface area contributed by atoms with E-state index in [1.54, 1.807) is 25.1 Å². The molecule has 1 N–H and O–H groups in total. The van der Waals surface area contributed by atoms with Gasteiger partial charge >= 0.3 is 0 Å². The third-order valence-electron chi connectivity index (χ3n) is 4.08. The Morgan fingerprint density at radius 1 is 1.29 bits per heavy atom. The number of Topliss-reactive ketones (excluding diaryl/α,β-unsaturated/α-hetero) is 1. The van der Waals surface area contributed by atoms with Crippen LogP contribution < -0.4 is 14.8 Å². The Morgan fingerprint density at radius 2 is 1.93 bits per heavy atom. The van der Waals surface area contributed by atoms with E-state index in [0.717, 1.165) is 0 Å². The number of carbonyl (C=O) groups is 1. The van der Waals surface area contributed by atoms with E-state index >= 15 is 0 Å². The molecule has 0 radical (unpaired) electrons. The number of nitrogens with one attached hydrogen (secondary N) is 1. The van der Waals surface area contributed by atoms with Crippen LogP contribution in [0, 0.1) is 18.2 Å². The summed E-state index contributed by atoms with van der Waals surface area (Å²) in [5.41, 5.74) is 0.994. The van der Waals surface area contributed by atoms with Crippen molar-refractivity contribution in [2.75, 3.05) is 0 Å². The number of aryl methyl sites for hydroxylation is 1. The second kappa shape index (κ2) is 7.48. The van der Waals surface area contributed by atoms with E-state index in [4.69, 9.17) is 11.6 Å². The maximum Gasteiger partial charge on any atom is 0.266 e. The highest BCUT2D eigenvalue weighted by Gasteiger charge is 2.19. The molecule has 28 heavy (non-hydrogen) atoms. The van der Waals surface area contributed by atoms with Gasteiger partial charge in [-0.2, -0.15) is 5.10 Å². The molecule has 0 atom stereocenters. The molecule has 0 amide bonds. The molecular weight excluding hydrogens is 401 g/mol. The second-order valence-corrected chi connectivity index (χ2v) is 8.81. The Bertz CT molecular complexity index is 1210. The fraction of sp³-hybridized carbons (Fsp3) is 0.250. The molecule has 5 nitrogen and oxygen atoms in total. The van der Waals surface area contributed by atoms with Gasteiger partial charge in [-0.3, -0.25) is 9.59 Å². The maximum atomic E-state index is 13.2. The Kier molecular flexibility index (Phi) is 5.41. The first-order valence-corrected chi connectivity index (χ1v) is 9.74. The minimum Gasteiger partial charge on any atom is -0.313 e. The van der Waals surface area contributed by atoms with E-state index in [2.05, 4.69) is 10.1 Å². The zero-order chi connectivity index (χ0) is 20.6. The molecule has 0 aliphatic rings. The minimum absolute atomic E-state index is 0.0742. The third-order valence-corrected chi connectivity index (χ3v) is 5.40. The minimum atomic E-state index is -0.527. The van der Waals surface area contributed by atoms with E-state index in [1.807, 2.05) is 20.8 Å². The maximum absolute atomic E-state index is 13.2. The number of hydrogen-bond acceptors (Lipinski definition) is 4. The average molecular weight is 420 g/mol. The van der Waals surface area contributed by atoms with Crippen LogP contribution in [0.4, 0.5) is 4.39 Å². The van der Waals surface area contributed by atoms with E-state index in [1.165, 1.54) is 34.2 Å². The number of rotatable bonds is 3. The van der Waals surface area contributed by atoms with Crippen LogP contribution >= 0.6 is 22.9 Å². The number of H-pyrrole nitrogens is 1. The Balaban J connectivity index is 2.08. The fourth-order valence-electron chi connectivity index (χ4n) is 2.42. The topological polar surface area (TPSA) is 67.8 Å². The molecular formula is C20H19ClFN3O2S. The van der Waals surface area contributed by atoms with Gasteiger partial charge in [0.2, 0.25) is 0 Å². The molecule has 8 heteroatoms. The summed E-state index contributed by atoms with van der Waals surface area (Å²) < 4.78 is 15.5. The SMILES string of the molecule is Cc1nn(-c2ccc(F)cc2)c(Cl)c1C=c1sc(=CC(=O)C(C)(C)C)[nH]c1=O. The molecule has 0 aliphatic carbocycles. The number of benzene rings is 1. The van der Waals surface area contributed by atoms with E-state index in [9.17, 15) is 14.0 Å². The summed E-state index contributed by atoms with van der Waals surface area (Å²) in [5.74, 6) is -0.427.